The molecule has 2 bridgehead atoms. The van der Waals surface area contributed by atoms with E-state index in [0.717, 1.165) is 18.4 Å². The second-order valence-electron chi connectivity index (χ2n) is 7.44. The highest BCUT2D eigenvalue weighted by atomic mass is 16.2. The lowest BCUT2D eigenvalue weighted by molar-refractivity contribution is -0.139. The van der Waals surface area contributed by atoms with Crippen molar-refractivity contribution in [2.45, 2.75) is 32.7 Å². The van der Waals surface area contributed by atoms with Gasteiger partial charge in [0, 0.05) is 31.2 Å². The predicted octanol–water partition coefficient (Wildman–Crippen LogP) is 1.99. The topological polar surface area (TPSA) is 82.2 Å². The number of hydrogen-bond acceptors (Lipinski definition) is 4. The van der Waals surface area contributed by atoms with Crippen molar-refractivity contribution in [2.75, 3.05) is 19.6 Å². The normalized spacial score (nSPS) is 22.6. The van der Waals surface area contributed by atoms with Crippen molar-refractivity contribution in [1.29, 1.82) is 0 Å². The van der Waals surface area contributed by atoms with Gasteiger partial charge in [0.2, 0.25) is 5.91 Å². The first-order valence-corrected chi connectivity index (χ1v) is 9.06. The molecule has 2 atom stereocenters. The smallest absolute Gasteiger partial charge is 0.254 e. The third-order valence-electron chi connectivity index (χ3n) is 5.34. The monoisotopic (exact) mass is 353 g/mol. The average Bonchev–Trinajstić information content (AvgIpc) is 2.93. The molecule has 1 aromatic heterocycles. The largest absolute Gasteiger partial charge is 0.336 e. The van der Waals surface area contributed by atoms with Gasteiger partial charge in [0.05, 0.1) is 5.92 Å². The number of aromatic amines is 1. The summed E-state index contributed by atoms with van der Waals surface area (Å²) < 4.78 is 0. The SMILES string of the molecule is CC(C)=CCN1C(=O)[C@H]2CC[C@@H]1CN(C(=O)c1ccc3n[nH]nc3c1)C2. The highest BCUT2D eigenvalue weighted by molar-refractivity contribution is 5.97. The number of carbonyl (C=O) groups is 2. The summed E-state index contributed by atoms with van der Waals surface area (Å²) in [6, 6.07) is 5.43. The van der Waals surface area contributed by atoms with Gasteiger partial charge in [-0.05, 0) is 44.9 Å². The Bertz CT molecular complexity index is 883. The van der Waals surface area contributed by atoms with Gasteiger partial charge in [-0.25, -0.2) is 0 Å². The van der Waals surface area contributed by atoms with Crippen LogP contribution >= 0.6 is 0 Å². The number of rotatable bonds is 3. The first-order chi connectivity index (χ1) is 12.5. The van der Waals surface area contributed by atoms with Crippen LogP contribution in [-0.2, 0) is 4.79 Å². The van der Waals surface area contributed by atoms with Crippen LogP contribution in [-0.4, -0.2) is 62.7 Å². The van der Waals surface area contributed by atoms with E-state index in [1.54, 1.807) is 18.2 Å². The maximum Gasteiger partial charge on any atom is 0.254 e. The van der Waals surface area contributed by atoms with Gasteiger partial charge in [0.25, 0.3) is 5.91 Å². The molecule has 3 aliphatic rings. The van der Waals surface area contributed by atoms with Gasteiger partial charge in [-0.3, -0.25) is 9.59 Å². The molecule has 5 rings (SSSR count). The van der Waals surface area contributed by atoms with Crippen molar-refractivity contribution in [2.24, 2.45) is 5.92 Å². The Balaban J connectivity index is 1.57. The second-order valence-corrected chi connectivity index (χ2v) is 7.44. The molecule has 1 N–H and O–H groups in total. The maximum absolute atomic E-state index is 13.0. The Labute approximate surface area is 152 Å². The number of hydrogen-bond donors (Lipinski definition) is 1. The van der Waals surface area contributed by atoms with Gasteiger partial charge < -0.3 is 9.80 Å². The number of benzene rings is 1. The van der Waals surface area contributed by atoms with Crippen LogP contribution in [0.2, 0.25) is 0 Å². The van der Waals surface area contributed by atoms with E-state index in [4.69, 9.17) is 0 Å². The minimum atomic E-state index is -0.0981. The third-order valence-corrected chi connectivity index (χ3v) is 5.34. The summed E-state index contributed by atoms with van der Waals surface area (Å²) in [5, 5.41) is 10.6. The van der Waals surface area contributed by atoms with Gasteiger partial charge in [-0.2, -0.15) is 15.4 Å². The molecule has 3 aliphatic heterocycles. The fraction of sp³-hybridized carbons (Fsp3) is 0.474. The fourth-order valence-electron chi connectivity index (χ4n) is 3.88. The van der Waals surface area contributed by atoms with Crippen molar-refractivity contribution in [3.8, 4) is 0 Å². The summed E-state index contributed by atoms with van der Waals surface area (Å²) in [5.41, 5.74) is 3.21. The quantitative estimate of drug-likeness (QED) is 0.856. The maximum atomic E-state index is 13.0. The number of aromatic nitrogens is 3. The Morgan fingerprint density at radius 1 is 1.23 bits per heavy atom. The van der Waals surface area contributed by atoms with Crippen molar-refractivity contribution in [3.05, 3.63) is 35.4 Å². The van der Waals surface area contributed by atoms with Gasteiger partial charge >= 0.3 is 0 Å². The highest BCUT2D eigenvalue weighted by Crippen LogP contribution is 2.30. The minimum absolute atomic E-state index is 0.0383. The zero-order valence-corrected chi connectivity index (χ0v) is 15.1. The molecular weight excluding hydrogens is 330 g/mol. The molecule has 0 spiro atoms. The molecular formula is C19H23N5O2. The first kappa shape index (κ1) is 16.8. The molecule has 4 heterocycles. The van der Waals surface area contributed by atoms with E-state index in [1.807, 2.05) is 23.6 Å². The first-order valence-electron chi connectivity index (χ1n) is 9.06. The standard InChI is InChI=1S/C19H23N5O2/c1-12(2)7-8-24-15-5-3-14(19(24)26)10-23(11-15)18(25)13-4-6-16-17(9-13)21-22-20-16/h4,6-7,9,14-15H,3,5,8,10-11H2,1-2H3,(H,20,21,22)/t14-,15+/m0/s1. The van der Waals surface area contributed by atoms with E-state index >= 15 is 0 Å². The van der Waals surface area contributed by atoms with Crippen LogP contribution < -0.4 is 0 Å². The lowest BCUT2D eigenvalue weighted by Gasteiger charge is -2.35. The summed E-state index contributed by atoms with van der Waals surface area (Å²) >= 11 is 0. The minimum Gasteiger partial charge on any atom is -0.336 e. The van der Waals surface area contributed by atoms with Crippen LogP contribution in [0.5, 0.6) is 0 Å². The van der Waals surface area contributed by atoms with Gasteiger partial charge in [-0.1, -0.05) is 11.6 Å². The molecule has 1 aromatic carbocycles. The second kappa shape index (κ2) is 6.55. The zero-order valence-electron chi connectivity index (χ0n) is 15.1. The third kappa shape index (κ3) is 2.98. The van der Waals surface area contributed by atoms with Crippen LogP contribution in [0.1, 0.15) is 37.0 Å². The lowest BCUT2D eigenvalue weighted by atomic mass is 9.94. The van der Waals surface area contributed by atoms with Gasteiger partial charge in [0.1, 0.15) is 11.0 Å². The number of amides is 2. The van der Waals surface area contributed by atoms with Crippen molar-refractivity contribution >= 4 is 22.8 Å². The predicted molar refractivity (Wildman–Crippen MR) is 97.4 cm³/mol. The Morgan fingerprint density at radius 3 is 2.85 bits per heavy atom. The highest BCUT2D eigenvalue weighted by Gasteiger charge is 2.41. The number of carbonyl (C=O) groups excluding carboxylic acids is 2. The number of H-pyrrole nitrogens is 1. The lowest BCUT2D eigenvalue weighted by Crippen LogP contribution is -2.48. The summed E-state index contributed by atoms with van der Waals surface area (Å²) in [4.78, 5) is 29.6. The molecule has 3 saturated heterocycles. The van der Waals surface area contributed by atoms with Crippen LogP contribution in [0.4, 0.5) is 0 Å². The average molecular weight is 353 g/mol. The summed E-state index contributed by atoms with van der Waals surface area (Å²) in [5.74, 6) is 0.0451. The van der Waals surface area contributed by atoms with E-state index in [-0.39, 0.29) is 23.8 Å². The molecule has 0 saturated carbocycles. The number of nitrogens with zero attached hydrogens (tertiary/aromatic N) is 4. The Kier molecular flexibility index (Phi) is 4.22. The van der Waals surface area contributed by atoms with Crippen LogP contribution in [0.3, 0.4) is 0 Å². The van der Waals surface area contributed by atoms with Crippen LogP contribution in [0.25, 0.3) is 11.0 Å². The molecule has 0 aliphatic carbocycles. The summed E-state index contributed by atoms with van der Waals surface area (Å²) in [7, 11) is 0. The van der Waals surface area contributed by atoms with E-state index < -0.39 is 0 Å². The Morgan fingerprint density at radius 2 is 2.04 bits per heavy atom. The molecule has 0 unspecified atom stereocenters. The fourth-order valence-corrected chi connectivity index (χ4v) is 3.88. The molecule has 3 fully saturated rings. The van der Waals surface area contributed by atoms with Crippen molar-refractivity contribution in [1.82, 2.24) is 25.2 Å². The Hall–Kier alpha value is -2.70. The van der Waals surface area contributed by atoms with E-state index in [9.17, 15) is 9.59 Å². The number of nitrogens with one attached hydrogen (secondary N) is 1. The van der Waals surface area contributed by atoms with Crippen LogP contribution in [0.15, 0.2) is 29.8 Å². The molecule has 2 aromatic rings. The number of allylic oxidation sites excluding steroid dienone is 1. The van der Waals surface area contributed by atoms with Crippen molar-refractivity contribution in [3.63, 3.8) is 0 Å². The van der Waals surface area contributed by atoms with Gasteiger partial charge in [-0.15, -0.1) is 0 Å². The van der Waals surface area contributed by atoms with E-state index in [0.29, 0.717) is 30.7 Å². The number of fused-ring (bicyclic) bond motifs is 5. The molecule has 7 nitrogen and oxygen atoms in total. The number of piperidine rings is 1. The molecule has 26 heavy (non-hydrogen) atoms. The van der Waals surface area contributed by atoms with Crippen molar-refractivity contribution < 1.29 is 9.59 Å². The van der Waals surface area contributed by atoms with Crippen LogP contribution in [0, 0.1) is 5.92 Å². The van der Waals surface area contributed by atoms with E-state index in [2.05, 4.69) is 21.5 Å². The molecule has 7 heteroatoms. The molecule has 2 amide bonds. The molecule has 0 radical (unpaired) electrons. The molecule has 136 valence electrons. The van der Waals surface area contributed by atoms with E-state index in [1.165, 1.54) is 5.57 Å². The zero-order chi connectivity index (χ0) is 18.3. The summed E-state index contributed by atoms with van der Waals surface area (Å²) in [6.07, 6.45) is 3.91. The van der Waals surface area contributed by atoms with Gasteiger partial charge in [0.15, 0.2) is 0 Å². The summed E-state index contributed by atoms with van der Waals surface area (Å²) in [6.45, 7) is 5.80.